The zero-order valence-electron chi connectivity index (χ0n) is 15.5. The number of carbonyl (C=O) groups excluding carboxylic acids is 1. The molecule has 0 spiro atoms. The molecule has 0 bridgehead atoms. The number of para-hydroxylation sites is 2. The molecule has 1 atom stereocenters. The van der Waals surface area contributed by atoms with Crippen LogP contribution in [0.4, 0.5) is 6.01 Å². The van der Waals surface area contributed by atoms with Gasteiger partial charge in [0.2, 0.25) is 5.91 Å². The predicted molar refractivity (Wildman–Crippen MR) is 101 cm³/mol. The summed E-state index contributed by atoms with van der Waals surface area (Å²) in [5, 5.41) is 3.18. The number of nitrogens with one attached hydrogen (secondary N) is 1. The largest absolute Gasteiger partial charge is 0.423 e. The van der Waals surface area contributed by atoms with Crippen LogP contribution in [-0.4, -0.2) is 30.0 Å². The Morgan fingerprint density at radius 3 is 2.64 bits per heavy atom. The molecule has 25 heavy (non-hydrogen) atoms. The number of hydrogen-bond donors (Lipinski definition) is 1. The molecule has 136 valence electrons. The normalized spacial score (nSPS) is 17.2. The van der Waals surface area contributed by atoms with Crippen molar-refractivity contribution >= 4 is 23.0 Å². The van der Waals surface area contributed by atoms with E-state index in [2.05, 4.69) is 36.0 Å². The van der Waals surface area contributed by atoms with Gasteiger partial charge in [0.25, 0.3) is 6.01 Å². The molecule has 1 aromatic heterocycles. The molecule has 1 aromatic carbocycles. The lowest BCUT2D eigenvalue weighted by molar-refractivity contribution is -0.126. The molecule has 1 N–H and O–H groups in total. The van der Waals surface area contributed by atoms with E-state index in [1.807, 2.05) is 24.3 Å². The third kappa shape index (κ3) is 4.53. The number of fused-ring (bicyclic) bond motifs is 1. The molecule has 1 unspecified atom stereocenters. The Morgan fingerprint density at radius 2 is 1.96 bits per heavy atom. The summed E-state index contributed by atoms with van der Waals surface area (Å²) >= 11 is 0. The van der Waals surface area contributed by atoms with E-state index in [-0.39, 0.29) is 17.9 Å². The second-order valence-corrected chi connectivity index (χ2v) is 7.61. The van der Waals surface area contributed by atoms with Gasteiger partial charge in [-0.15, -0.1) is 0 Å². The second-order valence-electron chi connectivity index (χ2n) is 7.61. The third-order valence-electron chi connectivity index (χ3n) is 4.98. The van der Waals surface area contributed by atoms with Crippen LogP contribution in [-0.2, 0) is 4.79 Å². The first-order valence-electron chi connectivity index (χ1n) is 9.44. The highest BCUT2D eigenvalue weighted by atomic mass is 16.4. The molecule has 2 heterocycles. The van der Waals surface area contributed by atoms with Crippen LogP contribution in [0.15, 0.2) is 28.7 Å². The zero-order valence-corrected chi connectivity index (χ0v) is 15.5. The fourth-order valence-corrected chi connectivity index (χ4v) is 3.34. The lowest BCUT2D eigenvalue weighted by Crippen LogP contribution is -2.43. The first-order chi connectivity index (χ1) is 12.0. The number of carbonyl (C=O) groups is 1. The van der Waals surface area contributed by atoms with E-state index < -0.39 is 0 Å². The van der Waals surface area contributed by atoms with Crippen molar-refractivity contribution in [2.45, 2.75) is 52.5 Å². The minimum atomic E-state index is 0.0992. The first-order valence-corrected chi connectivity index (χ1v) is 9.44. The Morgan fingerprint density at radius 1 is 1.24 bits per heavy atom. The van der Waals surface area contributed by atoms with Crippen LogP contribution in [0.25, 0.3) is 11.1 Å². The first kappa shape index (κ1) is 17.8. The number of amides is 1. The molecule has 3 rings (SSSR count). The van der Waals surface area contributed by atoms with Gasteiger partial charge in [-0.2, -0.15) is 4.98 Å². The highest BCUT2D eigenvalue weighted by Crippen LogP contribution is 2.26. The number of aromatic nitrogens is 1. The molecule has 1 amide bonds. The van der Waals surface area contributed by atoms with E-state index in [9.17, 15) is 4.79 Å². The van der Waals surface area contributed by atoms with Crippen molar-refractivity contribution in [3.63, 3.8) is 0 Å². The molecular weight excluding hydrogens is 314 g/mol. The van der Waals surface area contributed by atoms with Crippen LogP contribution >= 0.6 is 0 Å². The van der Waals surface area contributed by atoms with Gasteiger partial charge in [0, 0.05) is 25.0 Å². The Labute approximate surface area is 149 Å². The van der Waals surface area contributed by atoms with Crippen LogP contribution in [0.1, 0.15) is 46.5 Å². The molecule has 1 saturated heterocycles. The molecule has 5 heteroatoms. The topological polar surface area (TPSA) is 58.4 Å². The van der Waals surface area contributed by atoms with Gasteiger partial charge in [-0.25, -0.2) is 0 Å². The highest BCUT2D eigenvalue weighted by Gasteiger charge is 2.27. The fourth-order valence-electron chi connectivity index (χ4n) is 3.34. The van der Waals surface area contributed by atoms with Crippen LogP contribution in [0.2, 0.25) is 0 Å². The molecule has 1 aliphatic rings. The molecule has 5 nitrogen and oxygen atoms in total. The lowest BCUT2D eigenvalue weighted by Gasteiger charge is -2.30. The molecule has 0 aliphatic carbocycles. The number of rotatable bonds is 6. The van der Waals surface area contributed by atoms with Crippen molar-refractivity contribution in [1.29, 1.82) is 0 Å². The Bertz CT molecular complexity index is 669. The van der Waals surface area contributed by atoms with Crippen molar-refractivity contribution < 1.29 is 9.21 Å². The van der Waals surface area contributed by atoms with E-state index in [0.29, 0.717) is 11.9 Å². The number of hydrogen-bond acceptors (Lipinski definition) is 4. The Balaban J connectivity index is 1.50. The summed E-state index contributed by atoms with van der Waals surface area (Å²) in [6.07, 6.45) is 3.89. The van der Waals surface area contributed by atoms with Crippen LogP contribution in [0, 0.1) is 11.8 Å². The van der Waals surface area contributed by atoms with Gasteiger partial charge in [0.05, 0.1) is 0 Å². The standard InChI is InChI=1S/C20H29N3O2/c1-14(2)8-9-15(3)21-19(24)16-10-12-23(13-11-16)20-22-17-6-4-5-7-18(17)25-20/h4-7,14-16H,8-13H2,1-3H3,(H,21,24). The van der Waals surface area contributed by atoms with Crippen molar-refractivity contribution in [2.75, 3.05) is 18.0 Å². The van der Waals surface area contributed by atoms with Gasteiger partial charge in [0.15, 0.2) is 5.58 Å². The number of anilines is 1. The fraction of sp³-hybridized carbons (Fsp3) is 0.600. The predicted octanol–water partition coefficient (Wildman–Crippen LogP) is 3.99. The van der Waals surface area contributed by atoms with E-state index in [4.69, 9.17) is 4.42 Å². The second kappa shape index (κ2) is 7.89. The lowest BCUT2D eigenvalue weighted by atomic mass is 9.95. The van der Waals surface area contributed by atoms with Gasteiger partial charge in [-0.1, -0.05) is 26.0 Å². The van der Waals surface area contributed by atoms with E-state index >= 15 is 0 Å². The van der Waals surface area contributed by atoms with Gasteiger partial charge >= 0.3 is 0 Å². The Hall–Kier alpha value is -2.04. The third-order valence-corrected chi connectivity index (χ3v) is 4.98. The molecule has 0 radical (unpaired) electrons. The van der Waals surface area contributed by atoms with Gasteiger partial charge in [-0.05, 0) is 50.7 Å². The quantitative estimate of drug-likeness (QED) is 0.862. The maximum absolute atomic E-state index is 12.5. The van der Waals surface area contributed by atoms with Gasteiger partial charge in [-0.3, -0.25) is 4.79 Å². The monoisotopic (exact) mass is 343 g/mol. The summed E-state index contributed by atoms with van der Waals surface area (Å²) in [6.45, 7) is 8.16. The summed E-state index contributed by atoms with van der Waals surface area (Å²) < 4.78 is 5.84. The Kier molecular flexibility index (Phi) is 5.61. The van der Waals surface area contributed by atoms with E-state index in [1.165, 1.54) is 0 Å². The summed E-state index contributed by atoms with van der Waals surface area (Å²) in [5.74, 6) is 0.981. The zero-order chi connectivity index (χ0) is 17.8. The van der Waals surface area contributed by atoms with Gasteiger partial charge < -0.3 is 14.6 Å². The van der Waals surface area contributed by atoms with Gasteiger partial charge in [0.1, 0.15) is 5.52 Å². The van der Waals surface area contributed by atoms with Crippen LogP contribution < -0.4 is 10.2 Å². The number of oxazole rings is 1. The maximum Gasteiger partial charge on any atom is 0.298 e. The molecule has 0 saturated carbocycles. The average Bonchev–Trinajstić information content (AvgIpc) is 3.04. The number of nitrogens with zero attached hydrogens (tertiary/aromatic N) is 2. The minimum absolute atomic E-state index is 0.0992. The minimum Gasteiger partial charge on any atom is -0.423 e. The van der Waals surface area contributed by atoms with E-state index in [0.717, 1.165) is 49.9 Å². The molecule has 1 aliphatic heterocycles. The van der Waals surface area contributed by atoms with Crippen molar-refractivity contribution in [3.8, 4) is 0 Å². The molecular formula is C20H29N3O2. The molecule has 2 aromatic rings. The average molecular weight is 343 g/mol. The van der Waals surface area contributed by atoms with Crippen LogP contribution in [0.5, 0.6) is 0 Å². The number of benzene rings is 1. The maximum atomic E-state index is 12.5. The highest BCUT2D eigenvalue weighted by molar-refractivity contribution is 5.79. The van der Waals surface area contributed by atoms with Crippen molar-refractivity contribution in [3.05, 3.63) is 24.3 Å². The SMILES string of the molecule is CC(C)CCC(C)NC(=O)C1CCN(c2nc3ccccc3o2)CC1. The van der Waals surface area contributed by atoms with E-state index in [1.54, 1.807) is 0 Å². The summed E-state index contributed by atoms with van der Waals surface area (Å²) in [4.78, 5) is 19.2. The van der Waals surface area contributed by atoms with Crippen molar-refractivity contribution in [2.24, 2.45) is 11.8 Å². The summed E-state index contributed by atoms with van der Waals surface area (Å²) in [5.41, 5.74) is 1.70. The summed E-state index contributed by atoms with van der Waals surface area (Å²) in [7, 11) is 0. The summed E-state index contributed by atoms with van der Waals surface area (Å²) in [6, 6.07) is 8.74. The van der Waals surface area contributed by atoms with Crippen LogP contribution in [0.3, 0.4) is 0 Å². The number of piperidine rings is 1. The van der Waals surface area contributed by atoms with Crippen molar-refractivity contribution in [1.82, 2.24) is 10.3 Å². The smallest absolute Gasteiger partial charge is 0.298 e. The molecule has 1 fully saturated rings.